The summed E-state index contributed by atoms with van der Waals surface area (Å²) in [4.78, 5) is 14.0. The monoisotopic (exact) mass is 512 g/mol. The molecule has 0 saturated carbocycles. The molecule has 0 bridgehead atoms. The lowest BCUT2D eigenvalue weighted by atomic mass is 10.3. The number of carbonyl (C=O) groups excluding carboxylic acids is 1. The van der Waals surface area contributed by atoms with Gasteiger partial charge in [0.1, 0.15) is 12.4 Å². The van der Waals surface area contributed by atoms with Gasteiger partial charge in [-0.15, -0.1) is 0 Å². The first-order valence-corrected chi connectivity index (χ1v) is 14.7. The summed E-state index contributed by atoms with van der Waals surface area (Å²) >= 11 is 12.0. The van der Waals surface area contributed by atoms with Crippen molar-refractivity contribution in [3.63, 3.8) is 0 Å². The van der Waals surface area contributed by atoms with Gasteiger partial charge in [0.25, 0.3) is 0 Å². The summed E-state index contributed by atoms with van der Waals surface area (Å²) < 4.78 is 43.2. The van der Waals surface area contributed by atoms with Gasteiger partial charge in [0.15, 0.2) is 15.6 Å². The highest BCUT2D eigenvalue weighted by Crippen LogP contribution is 2.42. The minimum absolute atomic E-state index is 0.151. The minimum Gasteiger partial charge on any atom is -0.486 e. The molecule has 3 rings (SSSR count). The quantitative estimate of drug-likeness (QED) is 0.428. The lowest BCUT2D eigenvalue weighted by Crippen LogP contribution is -2.40. The smallest absolute Gasteiger partial charge is 0.181 e. The molecule has 0 aliphatic rings. The van der Waals surface area contributed by atoms with E-state index in [0.29, 0.717) is 25.6 Å². The van der Waals surface area contributed by atoms with Gasteiger partial charge in [-0.05, 0) is 81.9 Å². The van der Waals surface area contributed by atoms with Crippen molar-refractivity contribution in [3.8, 4) is 5.75 Å². The van der Waals surface area contributed by atoms with E-state index in [9.17, 15) is 17.4 Å². The van der Waals surface area contributed by atoms with Gasteiger partial charge in [-0.2, -0.15) is 0 Å². The van der Waals surface area contributed by atoms with Crippen LogP contribution in [0.5, 0.6) is 5.75 Å². The van der Waals surface area contributed by atoms with E-state index in [-0.39, 0.29) is 23.0 Å². The number of ketones is 1. The minimum atomic E-state index is -3.85. The van der Waals surface area contributed by atoms with E-state index in [4.69, 9.17) is 27.9 Å². The van der Waals surface area contributed by atoms with Gasteiger partial charge in [-0.1, -0.05) is 23.2 Å². The third kappa shape index (κ3) is 5.41. The van der Waals surface area contributed by atoms with Gasteiger partial charge in [-0.25, -0.2) is 8.42 Å². The molecule has 3 aromatic rings. The summed E-state index contributed by atoms with van der Waals surface area (Å²) in [6, 6.07) is 18.9. The highest BCUT2D eigenvalue weighted by atomic mass is 35.5. The van der Waals surface area contributed by atoms with Crippen LogP contribution in [0.15, 0.2) is 87.5 Å². The molecule has 0 aliphatic carbocycles. The molecule has 5 nitrogen and oxygen atoms in total. The maximum absolute atomic E-state index is 14.6. The van der Waals surface area contributed by atoms with Crippen LogP contribution in [-0.4, -0.2) is 43.3 Å². The molecule has 0 saturated heterocycles. The second-order valence-corrected chi connectivity index (χ2v) is 14.9. The van der Waals surface area contributed by atoms with Gasteiger partial charge in [0.05, 0.1) is 10.6 Å². The predicted molar refractivity (Wildman–Crippen MR) is 128 cm³/mol. The summed E-state index contributed by atoms with van der Waals surface area (Å²) in [5.74, 6) is -0.313. The molecule has 32 heavy (non-hydrogen) atoms. The Kier molecular flexibility index (Phi) is 6.86. The number of halogens is 2. The zero-order valence-electron chi connectivity index (χ0n) is 17.5. The Bertz CT molecular complexity index is 1250. The Hall–Kier alpha value is -2.19. The van der Waals surface area contributed by atoms with Crippen LogP contribution >= 0.6 is 23.2 Å². The summed E-state index contributed by atoms with van der Waals surface area (Å²) in [5.41, 5.74) is 0. The Morgan fingerprint density at radius 1 is 0.844 bits per heavy atom. The first-order chi connectivity index (χ1) is 14.9. The van der Waals surface area contributed by atoms with E-state index in [1.165, 1.54) is 24.3 Å². The average Bonchev–Trinajstić information content (AvgIpc) is 2.72. The van der Waals surface area contributed by atoms with Gasteiger partial charge >= 0.3 is 0 Å². The molecule has 0 atom stereocenters. The van der Waals surface area contributed by atoms with E-state index in [2.05, 4.69) is 0 Å². The number of rotatable bonds is 8. The fourth-order valence-electron chi connectivity index (χ4n) is 3.26. The number of benzene rings is 3. The molecule has 0 fully saturated rings. The van der Waals surface area contributed by atoms with Crippen molar-refractivity contribution in [2.75, 3.05) is 24.9 Å². The van der Waals surface area contributed by atoms with Crippen molar-refractivity contribution in [3.05, 3.63) is 82.8 Å². The average molecular weight is 513 g/mol. The lowest BCUT2D eigenvalue weighted by Gasteiger charge is -2.39. The van der Waals surface area contributed by atoms with Crippen molar-refractivity contribution in [1.82, 2.24) is 0 Å². The Balaban J connectivity index is 1.86. The van der Waals surface area contributed by atoms with Crippen LogP contribution in [0, 0.1) is 0 Å². The first kappa shape index (κ1) is 24.5. The topological polar surface area (TPSA) is 77.5 Å². The van der Waals surface area contributed by atoms with Crippen LogP contribution in [0.25, 0.3) is 0 Å². The largest absolute Gasteiger partial charge is 0.486 e. The first-order valence-electron chi connectivity index (χ1n) is 9.46. The van der Waals surface area contributed by atoms with E-state index in [0.717, 1.165) is 6.26 Å². The molecule has 0 radical (unpaired) electrons. The van der Waals surface area contributed by atoms with Crippen molar-refractivity contribution < 1.29 is 22.2 Å². The number of Topliss-reactive ketones (excluding diaryl/α,β-unsaturated/α-hetero) is 1. The second kappa shape index (κ2) is 8.98. The summed E-state index contributed by atoms with van der Waals surface area (Å²) in [6.07, 6.45) is 2.68. The fourth-order valence-corrected chi connectivity index (χ4v) is 7.30. The Morgan fingerprint density at radius 2 is 1.28 bits per heavy atom. The molecule has 0 N–H and O–H groups in total. The summed E-state index contributed by atoms with van der Waals surface area (Å²) in [6.45, 7) is -0.318. The van der Waals surface area contributed by atoms with E-state index < -0.39 is 18.9 Å². The van der Waals surface area contributed by atoms with Gasteiger partial charge in [0.2, 0.25) is 0 Å². The van der Waals surface area contributed by atoms with Gasteiger partial charge < -0.3 is 4.74 Å². The van der Waals surface area contributed by atoms with Crippen molar-refractivity contribution >= 4 is 47.9 Å². The highest BCUT2D eigenvalue weighted by Gasteiger charge is 2.38. The van der Waals surface area contributed by atoms with E-state index in [1.807, 2.05) is 0 Å². The van der Waals surface area contributed by atoms with Crippen LogP contribution in [0.2, 0.25) is 10.0 Å². The number of hydrogen-bond donors (Lipinski definition) is 0. The van der Waals surface area contributed by atoms with E-state index >= 15 is 0 Å². The normalized spacial score (nSPS) is 13.2. The number of sulfone groups is 1. The molecule has 0 aliphatic heterocycles. The molecule has 3 aromatic carbocycles. The molecule has 0 amide bonds. The number of hydrogen-bond acceptors (Lipinski definition) is 5. The molecular weight excluding hydrogens is 491 g/mol. The second-order valence-electron chi connectivity index (χ2n) is 7.66. The van der Waals surface area contributed by atoms with Crippen LogP contribution in [0.1, 0.15) is 0 Å². The maximum atomic E-state index is 14.6. The van der Waals surface area contributed by atoms with Crippen molar-refractivity contribution in [1.29, 1.82) is 0 Å². The van der Waals surface area contributed by atoms with E-state index in [1.54, 1.807) is 54.8 Å². The zero-order chi connectivity index (χ0) is 23.6. The standard InChI is InChI=1S/C23H22Cl2O5S2/c1-31(27,28)21-9-7-20(8-10-21)30-15-19(26)16-32(2,29,22-11-3-17(24)4-12-22)23-13-5-18(25)6-14-23/h3-14H,15-16H2,1-2H3. The van der Waals surface area contributed by atoms with Gasteiger partial charge in [0, 0.05) is 32.3 Å². The van der Waals surface area contributed by atoms with Crippen LogP contribution in [-0.2, 0) is 23.7 Å². The van der Waals surface area contributed by atoms with Crippen molar-refractivity contribution in [2.24, 2.45) is 0 Å². The molecular formula is C23H22Cl2O5S2. The maximum Gasteiger partial charge on any atom is 0.181 e. The Morgan fingerprint density at radius 3 is 1.69 bits per heavy atom. The summed E-state index contributed by atoms with van der Waals surface area (Å²) in [7, 11) is -7.18. The van der Waals surface area contributed by atoms with Crippen LogP contribution in [0.3, 0.4) is 0 Å². The third-order valence-corrected chi connectivity index (χ3v) is 10.7. The lowest BCUT2D eigenvalue weighted by molar-refractivity contribution is -0.118. The van der Waals surface area contributed by atoms with Gasteiger partial charge in [-0.3, -0.25) is 9.00 Å². The Labute approximate surface area is 197 Å². The highest BCUT2D eigenvalue weighted by molar-refractivity contribution is 8.20. The zero-order valence-corrected chi connectivity index (χ0v) is 20.6. The molecule has 0 spiro atoms. The number of ether oxygens (including phenoxy) is 1. The molecule has 170 valence electrons. The number of carbonyl (C=O) groups is 1. The summed E-state index contributed by atoms with van der Waals surface area (Å²) in [5, 5.41) is 0.985. The fraction of sp³-hybridized carbons (Fsp3) is 0.174. The van der Waals surface area contributed by atoms with Crippen molar-refractivity contribution in [2.45, 2.75) is 14.7 Å². The molecule has 9 heteroatoms. The molecule has 0 unspecified atom stereocenters. The SMILES string of the molecule is CS(=O)(=O)c1ccc(OCC(=O)CS(C)(=O)(c2ccc(Cl)cc2)c2ccc(Cl)cc2)cc1. The third-order valence-electron chi connectivity index (χ3n) is 5.02. The van der Waals surface area contributed by atoms with Crippen LogP contribution < -0.4 is 4.74 Å². The molecule has 0 heterocycles. The predicted octanol–water partition coefficient (Wildman–Crippen LogP) is 4.91. The van der Waals surface area contributed by atoms with Crippen LogP contribution in [0.4, 0.5) is 0 Å². The molecule has 0 aromatic heterocycles.